The van der Waals surface area contributed by atoms with Crippen LogP contribution in [0.2, 0.25) is 0 Å². The van der Waals surface area contributed by atoms with Crippen LogP contribution in [0.15, 0.2) is 36.5 Å². The third kappa shape index (κ3) is 26.2. The van der Waals surface area contributed by atoms with E-state index in [1.807, 2.05) is 0 Å². The minimum Gasteiger partial charge on any atom is -0.463 e. The van der Waals surface area contributed by atoms with Gasteiger partial charge >= 0.3 is 11.9 Å². The molecular weight excluding hydrogens is 540 g/mol. The van der Waals surface area contributed by atoms with Gasteiger partial charge in [0.2, 0.25) is 0 Å². The molecule has 1 aliphatic rings. The number of carbonyl (C=O) groups excluding carboxylic acids is 2. The summed E-state index contributed by atoms with van der Waals surface area (Å²) in [6, 6.07) is 0. The van der Waals surface area contributed by atoms with E-state index in [0.717, 1.165) is 50.9 Å². The molecule has 2 unspecified atom stereocenters. The SMILES string of the molecule is CCCCC/C=C\C/C=C\C/C=C\CC1OC1CCCC(=O)OC[C@@H](O)COC(=O)CCCCCCCCCCC(C)C. The maximum absolute atomic E-state index is 12.0. The molecule has 1 N–H and O–H groups in total. The number of esters is 2. The van der Waals surface area contributed by atoms with E-state index in [9.17, 15) is 14.7 Å². The van der Waals surface area contributed by atoms with Crippen LogP contribution in [0, 0.1) is 5.92 Å². The number of aliphatic hydroxyl groups excluding tert-OH is 1. The number of ether oxygens (including phenoxy) is 3. The Balaban J connectivity index is 1.91. The minimum absolute atomic E-state index is 0.139. The largest absolute Gasteiger partial charge is 0.463 e. The molecule has 0 bridgehead atoms. The summed E-state index contributed by atoms with van der Waals surface area (Å²) >= 11 is 0. The molecule has 1 saturated heterocycles. The summed E-state index contributed by atoms with van der Waals surface area (Å²) in [6.07, 6.45) is 33.7. The lowest BCUT2D eigenvalue weighted by Crippen LogP contribution is -2.25. The molecule has 0 saturated carbocycles. The van der Waals surface area contributed by atoms with Crippen molar-refractivity contribution in [3.63, 3.8) is 0 Å². The van der Waals surface area contributed by atoms with Gasteiger partial charge in [-0.2, -0.15) is 0 Å². The summed E-state index contributed by atoms with van der Waals surface area (Å²) in [5.41, 5.74) is 0. The standard InChI is InChI=1S/C37H64O6/c1-4-5-6-7-8-9-10-11-12-16-19-22-26-34-35(43-34)27-24-29-37(40)42-31-33(38)30-41-36(39)28-23-20-17-14-13-15-18-21-25-32(2)3/h8-9,11-12,19,22,32-35,38H,4-7,10,13-18,20-21,23-31H2,1-3H3/b9-8-,12-11-,22-19-/t33-,34?,35?/m0/s1. The zero-order chi connectivity index (χ0) is 31.4. The molecular formula is C37H64O6. The first-order valence-electron chi connectivity index (χ1n) is 17.5. The van der Waals surface area contributed by atoms with Crippen LogP contribution in [0.3, 0.4) is 0 Å². The number of unbranched alkanes of at least 4 members (excludes halogenated alkanes) is 10. The molecule has 0 aromatic heterocycles. The second-order valence-electron chi connectivity index (χ2n) is 12.5. The van der Waals surface area contributed by atoms with E-state index in [2.05, 4.69) is 57.2 Å². The molecule has 43 heavy (non-hydrogen) atoms. The molecule has 0 spiro atoms. The van der Waals surface area contributed by atoms with Crippen molar-refractivity contribution in [2.75, 3.05) is 13.2 Å². The molecule has 0 aromatic rings. The Morgan fingerprint density at radius 1 is 0.698 bits per heavy atom. The van der Waals surface area contributed by atoms with Gasteiger partial charge in [-0.25, -0.2) is 0 Å². The van der Waals surface area contributed by atoms with Crippen LogP contribution < -0.4 is 0 Å². The second-order valence-corrected chi connectivity index (χ2v) is 12.5. The van der Waals surface area contributed by atoms with E-state index < -0.39 is 6.10 Å². The van der Waals surface area contributed by atoms with Gasteiger partial charge in [0.25, 0.3) is 0 Å². The Morgan fingerprint density at radius 3 is 1.88 bits per heavy atom. The highest BCUT2D eigenvalue weighted by Crippen LogP contribution is 2.30. The van der Waals surface area contributed by atoms with Crippen LogP contribution in [-0.2, 0) is 23.8 Å². The predicted molar refractivity (Wildman–Crippen MR) is 177 cm³/mol. The third-order valence-electron chi connectivity index (χ3n) is 7.73. The molecule has 248 valence electrons. The van der Waals surface area contributed by atoms with Crippen molar-refractivity contribution in [2.24, 2.45) is 5.92 Å². The summed E-state index contributed by atoms with van der Waals surface area (Å²) < 4.78 is 16.0. The smallest absolute Gasteiger partial charge is 0.305 e. The number of allylic oxidation sites excluding steroid dienone is 5. The van der Waals surface area contributed by atoms with Crippen molar-refractivity contribution in [3.05, 3.63) is 36.5 Å². The fourth-order valence-corrected chi connectivity index (χ4v) is 4.94. The van der Waals surface area contributed by atoms with Crippen LogP contribution in [-0.4, -0.2) is 48.6 Å². The van der Waals surface area contributed by atoms with Crippen LogP contribution in [0.25, 0.3) is 0 Å². The Hall–Kier alpha value is -1.92. The van der Waals surface area contributed by atoms with Gasteiger partial charge < -0.3 is 19.3 Å². The number of hydrogen-bond acceptors (Lipinski definition) is 6. The number of aliphatic hydroxyl groups is 1. The summed E-state index contributed by atoms with van der Waals surface area (Å²) in [5, 5.41) is 9.99. The van der Waals surface area contributed by atoms with Crippen LogP contribution in [0.5, 0.6) is 0 Å². The first-order chi connectivity index (χ1) is 20.9. The topological polar surface area (TPSA) is 85.4 Å². The lowest BCUT2D eigenvalue weighted by Gasteiger charge is -2.12. The molecule has 3 atom stereocenters. The molecule has 6 nitrogen and oxygen atoms in total. The number of epoxide rings is 1. The predicted octanol–water partition coefficient (Wildman–Crippen LogP) is 9.35. The number of hydrogen-bond donors (Lipinski definition) is 1. The van der Waals surface area contributed by atoms with Gasteiger partial charge in [-0.1, -0.05) is 121 Å². The summed E-state index contributed by atoms with van der Waals surface area (Å²) in [4.78, 5) is 23.9. The van der Waals surface area contributed by atoms with Crippen LogP contribution in [0.1, 0.15) is 149 Å². The van der Waals surface area contributed by atoms with E-state index in [4.69, 9.17) is 14.2 Å². The molecule has 0 aromatic carbocycles. The van der Waals surface area contributed by atoms with Gasteiger partial charge in [0.05, 0.1) is 12.2 Å². The van der Waals surface area contributed by atoms with Crippen molar-refractivity contribution < 1.29 is 28.9 Å². The lowest BCUT2D eigenvalue weighted by molar-refractivity contribution is -0.152. The fraction of sp³-hybridized carbons (Fsp3) is 0.784. The maximum atomic E-state index is 12.0. The Bertz CT molecular complexity index is 771. The van der Waals surface area contributed by atoms with Gasteiger partial charge in [0.1, 0.15) is 19.3 Å². The average Bonchev–Trinajstić information content (AvgIpc) is 3.74. The van der Waals surface area contributed by atoms with Gasteiger partial charge in [0.15, 0.2) is 0 Å². The van der Waals surface area contributed by atoms with Crippen molar-refractivity contribution in [1.29, 1.82) is 0 Å². The highest BCUT2D eigenvalue weighted by atomic mass is 16.6. The summed E-state index contributed by atoms with van der Waals surface area (Å²) in [5.74, 6) is 0.159. The van der Waals surface area contributed by atoms with Crippen molar-refractivity contribution in [3.8, 4) is 0 Å². The Labute approximate surface area is 263 Å². The van der Waals surface area contributed by atoms with Crippen LogP contribution >= 0.6 is 0 Å². The van der Waals surface area contributed by atoms with Gasteiger partial charge in [-0.05, 0) is 57.3 Å². The second kappa shape index (κ2) is 27.6. The Morgan fingerprint density at radius 2 is 1.26 bits per heavy atom. The third-order valence-corrected chi connectivity index (χ3v) is 7.73. The zero-order valence-electron chi connectivity index (χ0n) is 27.8. The average molecular weight is 605 g/mol. The first kappa shape index (κ1) is 39.1. The van der Waals surface area contributed by atoms with Gasteiger partial charge in [-0.3, -0.25) is 9.59 Å². The normalized spacial score (nSPS) is 17.4. The number of rotatable bonds is 29. The fourth-order valence-electron chi connectivity index (χ4n) is 4.94. The van der Waals surface area contributed by atoms with Crippen molar-refractivity contribution >= 4 is 11.9 Å². The van der Waals surface area contributed by atoms with Crippen molar-refractivity contribution in [2.45, 2.75) is 167 Å². The van der Waals surface area contributed by atoms with Crippen molar-refractivity contribution in [1.82, 2.24) is 0 Å². The monoisotopic (exact) mass is 604 g/mol. The molecule has 1 rings (SSSR count). The van der Waals surface area contributed by atoms with E-state index >= 15 is 0 Å². The highest BCUT2D eigenvalue weighted by molar-refractivity contribution is 5.69. The number of carbonyl (C=O) groups is 2. The van der Waals surface area contributed by atoms with Gasteiger partial charge in [0, 0.05) is 12.8 Å². The molecule has 1 heterocycles. The quantitative estimate of drug-likeness (QED) is 0.0396. The lowest BCUT2D eigenvalue weighted by atomic mass is 10.0. The first-order valence-corrected chi connectivity index (χ1v) is 17.5. The van der Waals surface area contributed by atoms with E-state index in [1.54, 1.807) is 0 Å². The summed E-state index contributed by atoms with van der Waals surface area (Å²) in [6.45, 7) is 6.49. The van der Waals surface area contributed by atoms with E-state index in [1.165, 1.54) is 64.2 Å². The van der Waals surface area contributed by atoms with Gasteiger partial charge in [-0.15, -0.1) is 0 Å². The highest BCUT2D eigenvalue weighted by Gasteiger charge is 2.36. The molecule has 1 aliphatic heterocycles. The van der Waals surface area contributed by atoms with Crippen LogP contribution in [0.4, 0.5) is 0 Å². The van der Waals surface area contributed by atoms with E-state index in [0.29, 0.717) is 19.3 Å². The minimum atomic E-state index is -0.992. The molecule has 0 amide bonds. The van der Waals surface area contributed by atoms with E-state index in [-0.39, 0.29) is 37.4 Å². The summed E-state index contributed by atoms with van der Waals surface area (Å²) in [7, 11) is 0. The molecule has 0 radical (unpaired) electrons. The molecule has 1 fully saturated rings. The maximum Gasteiger partial charge on any atom is 0.305 e. The molecule has 0 aliphatic carbocycles. The Kier molecular flexibility index (Phi) is 25.1. The molecule has 6 heteroatoms. The zero-order valence-corrected chi connectivity index (χ0v) is 27.8.